The van der Waals surface area contributed by atoms with Crippen molar-refractivity contribution in [3.8, 4) is 0 Å². The summed E-state index contributed by atoms with van der Waals surface area (Å²) in [7, 11) is 0. The Balaban J connectivity index is 1.71. The van der Waals surface area contributed by atoms with E-state index in [1.54, 1.807) is 12.1 Å². The lowest BCUT2D eigenvalue weighted by Crippen LogP contribution is -2.25. The molecule has 2 aromatic carbocycles. The SMILES string of the molecule is O=C(Cc1ccc(Cl)cc1)Nc1cccc2c1CNCC2. The molecule has 21 heavy (non-hydrogen) atoms. The van der Waals surface area contributed by atoms with Gasteiger partial charge in [-0.05, 0) is 47.9 Å². The number of amides is 1. The van der Waals surface area contributed by atoms with E-state index >= 15 is 0 Å². The Hall–Kier alpha value is -1.84. The maximum atomic E-state index is 12.2. The highest BCUT2D eigenvalue weighted by Crippen LogP contribution is 2.23. The Morgan fingerprint density at radius 2 is 2.00 bits per heavy atom. The number of carbonyl (C=O) groups excluding carboxylic acids is 1. The summed E-state index contributed by atoms with van der Waals surface area (Å²) < 4.78 is 0. The highest BCUT2D eigenvalue weighted by molar-refractivity contribution is 6.30. The van der Waals surface area contributed by atoms with E-state index in [9.17, 15) is 4.79 Å². The first-order chi connectivity index (χ1) is 10.2. The molecule has 0 aromatic heterocycles. The molecule has 0 saturated heterocycles. The van der Waals surface area contributed by atoms with Crippen molar-refractivity contribution < 1.29 is 4.79 Å². The second-order valence-corrected chi connectivity index (χ2v) is 5.66. The Morgan fingerprint density at radius 1 is 1.19 bits per heavy atom. The first-order valence-corrected chi connectivity index (χ1v) is 7.46. The van der Waals surface area contributed by atoms with Gasteiger partial charge in [-0.15, -0.1) is 0 Å². The van der Waals surface area contributed by atoms with E-state index in [0.717, 1.165) is 30.8 Å². The number of hydrogen-bond donors (Lipinski definition) is 2. The molecule has 3 rings (SSSR count). The first-order valence-electron chi connectivity index (χ1n) is 7.08. The van der Waals surface area contributed by atoms with Gasteiger partial charge in [0, 0.05) is 17.3 Å². The van der Waals surface area contributed by atoms with E-state index in [1.807, 2.05) is 24.3 Å². The molecule has 0 unspecified atom stereocenters. The van der Waals surface area contributed by atoms with Crippen LogP contribution in [-0.4, -0.2) is 12.5 Å². The maximum Gasteiger partial charge on any atom is 0.228 e. The molecule has 108 valence electrons. The number of nitrogens with one attached hydrogen (secondary N) is 2. The minimum absolute atomic E-state index is 0.00343. The van der Waals surface area contributed by atoms with Crippen LogP contribution >= 0.6 is 11.6 Å². The fraction of sp³-hybridized carbons (Fsp3) is 0.235. The van der Waals surface area contributed by atoms with Gasteiger partial charge < -0.3 is 10.6 Å². The number of carbonyl (C=O) groups is 1. The summed E-state index contributed by atoms with van der Waals surface area (Å²) in [5, 5.41) is 7.05. The van der Waals surface area contributed by atoms with E-state index in [1.165, 1.54) is 11.1 Å². The third kappa shape index (κ3) is 3.43. The number of rotatable bonds is 3. The zero-order valence-electron chi connectivity index (χ0n) is 11.7. The smallest absolute Gasteiger partial charge is 0.228 e. The van der Waals surface area contributed by atoms with Crippen LogP contribution in [0, 0.1) is 0 Å². The van der Waals surface area contributed by atoms with Gasteiger partial charge in [-0.3, -0.25) is 4.79 Å². The van der Waals surface area contributed by atoms with Gasteiger partial charge in [0.15, 0.2) is 0 Å². The molecule has 0 aliphatic carbocycles. The summed E-state index contributed by atoms with van der Waals surface area (Å²) in [4.78, 5) is 12.2. The molecule has 1 aliphatic heterocycles. The average molecular weight is 301 g/mol. The Morgan fingerprint density at radius 3 is 2.81 bits per heavy atom. The van der Waals surface area contributed by atoms with E-state index in [-0.39, 0.29) is 5.91 Å². The summed E-state index contributed by atoms with van der Waals surface area (Å²) >= 11 is 5.85. The van der Waals surface area contributed by atoms with Crippen molar-refractivity contribution in [1.29, 1.82) is 0 Å². The monoisotopic (exact) mass is 300 g/mol. The van der Waals surface area contributed by atoms with Gasteiger partial charge in [0.05, 0.1) is 6.42 Å². The zero-order chi connectivity index (χ0) is 14.7. The fourth-order valence-corrected chi connectivity index (χ4v) is 2.74. The average Bonchev–Trinajstić information content (AvgIpc) is 2.50. The van der Waals surface area contributed by atoms with Gasteiger partial charge >= 0.3 is 0 Å². The van der Waals surface area contributed by atoms with Crippen LogP contribution in [0.4, 0.5) is 5.69 Å². The molecule has 0 saturated carbocycles. The van der Waals surface area contributed by atoms with E-state index in [0.29, 0.717) is 11.4 Å². The van der Waals surface area contributed by atoms with Crippen molar-refractivity contribution in [1.82, 2.24) is 5.32 Å². The van der Waals surface area contributed by atoms with Crippen LogP contribution < -0.4 is 10.6 Å². The summed E-state index contributed by atoms with van der Waals surface area (Å²) in [6, 6.07) is 13.5. The summed E-state index contributed by atoms with van der Waals surface area (Å²) in [6.45, 7) is 1.81. The lowest BCUT2D eigenvalue weighted by atomic mass is 9.99. The normalized spacial score (nSPS) is 13.6. The molecule has 0 radical (unpaired) electrons. The molecule has 0 atom stereocenters. The van der Waals surface area contributed by atoms with Crippen LogP contribution in [0.1, 0.15) is 16.7 Å². The van der Waals surface area contributed by atoms with Crippen molar-refractivity contribution in [2.24, 2.45) is 0 Å². The largest absolute Gasteiger partial charge is 0.325 e. The van der Waals surface area contributed by atoms with Crippen LogP contribution in [-0.2, 0) is 24.2 Å². The van der Waals surface area contributed by atoms with Crippen LogP contribution in [0.25, 0.3) is 0 Å². The van der Waals surface area contributed by atoms with Gasteiger partial charge in [0.25, 0.3) is 0 Å². The molecule has 0 spiro atoms. The van der Waals surface area contributed by atoms with E-state index < -0.39 is 0 Å². The van der Waals surface area contributed by atoms with E-state index in [4.69, 9.17) is 11.6 Å². The maximum absolute atomic E-state index is 12.2. The van der Waals surface area contributed by atoms with Crippen molar-refractivity contribution in [3.63, 3.8) is 0 Å². The summed E-state index contributed by atoms with van der Waals surface area (Å²) in [5.74, 6) is -0.00343. The fourth-order valence-electron chi connectivity index (χ4n) is 2.61. The zero-order valence-corrected chi connectivity index (χ0v) is 12.4. The van der Waals surface area contributed by atoms with Crippen molar-refractivity contribution in [2.45, 2.75) is 19.4 Å². The van der Waals surface area contributed by atoms with Gasteiger partial charge in [0.1, 0.15) is 0 Å². The van der Waals surface area contributed by atoms with Crippen LogP contribution in [0.2, 0.25) is 5.02 Å². The Labute approximate surface area is 129 Å². The minimum Gasteiger partial charge on any atom is -0.325 e. The minimum atomic E-state index is -0.00343. The van der Waals surface area contributed by atoms with Gasteiger partial charge in [-0.2, -0.15) is 0 Å². The number of fused-ring (bicyclic) bond motifs is 1. The lowest BCUT2D eigenvalue weighted by molar-refractivity contribution is -0.115. The van der Waals surface area contributed by atoms with Gasteiger partial charge in [-0.25, -0.2) is 0 Å². The van der Waals surface area contributed by atoms with Crippen LogP contribution in [0.3, 0.4) is 0 Å². The predicted molar refractivity (Wildman–Crippen MR) is 85.6 cm³/mol. The molecule has 1 heterocycles. The molecule has 1 aliphatic rings. The summed E-state index contributed by atoms with van der Waals surface area (Å²) in [5.41, 5.74) is 4.39. The molecule has 1 amide bonds. The predicted octanol–water partition coefficient (Wildman–Crippen LogP) is 3.17. The number of halogens is 1. The third-order valence-electron chi connectivity index (χ3n) is 3.70. The van der Waals surface area contributed by atoms with Crippen LogP contribution in [0.15, 0.2) is 42.5 Å². The topological polar surface area (TPSA) is 41.1 Å². The Bertz CT molecular complexity index is 652. The highest BCUT2D eigenvalue weighted by Gasteiger charge is 2.14. The van der Waals surface area contributed by atoms with Crippen LogP contribution in [0.5, 0.6) is 0 Å². The molecule has 3 nitrogen and oxygen atoms in total. The lowest BCUT2D eigenvalue weighted by Gasteiger charge is -2.20. The first kappa shape index (κ1) is 14.1. The number of hydrogen-bond acceptors (Lipinski definition) is 2. The molecule has 0 fully saturated rings. The highest BCUT2D eigenvalue weighted by atomic mass is 35.5. The molecule has 2 aromatic rings. The molecule has 2 N–H and O–H groups in total. The number of anilines is 1. The van der Waals surface area contributed by atoms with Crippen molar-refractivity contribution in [3.05, 3.63) is 64.2 Å². The van der Waals surface area contributed by atoms with Crippen molar-refractivity contribution in [2.75, 3.05) is 11.9 Å². The number of benzene rings is 2. The van der Waals surface area contributed by atoms with Gasteiger partial charge in [0.2, 0.25) is 5.91 Å². The molecular formula is C17H17ClN2O. The molecule has 4 heteroatoms. The van der Waals surface area contributed by atoms with E-state index in [2.05, 4.69) is 16.7 Å². The standard InChI is InChI=1S/C17H17ClN2O/c18-14-6-4-12(5-7-14)10-17(21)20-16-3-1-2-13-8-9-19-11-15(13)16/h1-7,19H,8-11H2,(H,20,21). The molecular weight excluding hydrogens is 284 g/mol. The second kappa shape index (κ2) is 6.29. The third-order valence-corrected chi connectivity index (χ3v) is 3.95. The Kier molecular flexibility index (Phi) is 4.23. The summed E-state index contributed by atoms with van der Waals surface area (Å²) in [6.07, 6.45) is 1.37. The van der Waals surface area contributed by atoms with Crippen molar-refractivity contribution >= 4 is 23.2 Å². The second-order valence-electron chi connectivity index (χ2n) is 5.22. The molecule has 0 bridgehead atoms. The van der Waals surface area contributed by atoms with Gasteiger partial charge in [-0.1, -0.05) is 35.9 Å². The quantitative estimate of drug-likeness (QED) is 0.914.